The van der Waals surface area contributed by atoms with Crippen molar-refractivity contribution in [3.8, 4) is 22.3 Å². The second kappa shape index (κ2) is 17.0. The number of benzene rings is 4. The molecule has 0 fully saturated rings. The minimum Gasteiger partial charge on any atom is -0.226 e. The van der Waals surface area contributed by atoms with Gasteiger partial charge in [-0.3, -0.25) is 0 Å². The van der Waals surface area contributed by atoms with Crippen LogP contribution in [0.3, 0.4) is 0 Å². The first kappa shape index (κ1) is 37.4. The Balaban J connectivity index is 0. The molecule has 36 heavy (non-hydrogen) atoms. The molecule has 0 aliphatic heterocycles. The fourth-order valence-corrected chi connectivity index (χ4v) is 3.25. The van der Waals surface area contributed by atoms with E-state index >= 15 is 0 Å². The zero-order chi connectivity index (χ0) is 23.2. The van der Waals surface area contributed by atoms with E-state index in [0.29, 0.717) is 0 Å². The Labute approximate surface area is 268 Å². The van der Waals surface area contributed by atoms with Crippen LogP contribution in [0.25, 0.3) is 22.3 Å². The van der Waals surface area contributed by atoms with Crippen molar-refractivity contribution in [2.24, 2.45) is 0 Å². The zero-order valence-corrected chi connectivity index (χ0v) is 24.1. The Morgan fingerprint density at radius 1 is 0.417 bits per heavy atom. The van der Waals surface area contributed by atoms with E-state index in [1.807, 2.05) is 36.4 Å². The van der Waals surface area contributed by atoms with Crippen LogP contribution in [0.4, 0.5) is 0 Å². The first-order valence-electron chi connectivity index (χ1n) is 11.1. The van der Waals surface area contributed by atoms with Crippen molar-refractivity contribution in [1.29, 1.82) is 0 Å². The summed E-state index contributed by atoms with van der Waals surface area (Å²) >= 11 is 0. The van der Waals surface area contributed by atoms with Gasteiger partial charge in [0, 0.05) is 0 Å². The van der Waals surface area contributed by atoms with Gasteiger partial charge >= 0.3 is 75.4 Å². The molecule has 0 bridgehead atoms. The average Bonchev–Trinajstić information content (AvgIpc) is 2.80. The van der Waals surface area contributed by atoms with Crippen molar-refractivity contribution in [3.05, 3.63) is 120 Å². The summed E-state index contributed by atoms with van der Waals surface area (Å²) in [6.07, 6.45) is 0. The smallest absolute Gasteiger partial charge is 0.226 e. The minimum atomic E-state index is 0. The third kappa shape index (κ3) is 11.3. The monoisotopic (exact) mass is 444 g/mol. The fourth-order valence-electron chi connectivity index (χ4n) is 3.25. The van der Waals surface area contributed by atoms with Gasteiger partial charge in [-0.25, -0.2) is 22.3 Å². The SMILES string of the molecule is CC(C)(C)c1[c-]c(-c2[c-]cccc2)ccc1.CC(C)(C)c1[c-]c(-c2[c-]cccc2)ccc1.[Li+].[Li+].[Li+].[Li+]. The average molecular weight is 444 g/mol. The van der Waals surface area contributed by atoms with Crippen LogP contribution in [-0.2, 0) is 10.8 Å². The Morgan fingerprint density at radius 2 is 0.750 bits per heavy atom. The molecule has 0 aliphatic rings. The van der Waals surface area contributed by atoms with Gasteiger partial charge in [0.1, 0.15) is 0 Å². The molecule has 0 nitrogen and oxygen atoms in total. The van der Waals surface area contributed by atoms with Crippen molar-refractivity contribution in [1.82, 2.24) is 0 Å². The molecule has 0 saturated carbocycles. The summed E-state index contributed by atoms with van der Waals surface area (Å²) < 4.78 is 0. The molecular weight excluding hydrogens is 412 g/mol. The van der Waals surface area contributed by atoms with E-state index in [2.05, 4.69) is 114 Å². The van der Waals surface area contributed by atoms with Crippen molar-refractivity contribution in [2.75, 3.05) is 0 Å². The van der Waals surface area contributed by atoms with Crippen LogP contribution in [0.1, 0.15) is 52.7 Å². The van der Waals surface area contributed by atoms with Crippen molar-refractivity contribution < 1.29 is 75.4 Å². The van der Waals surface area contributed by atoms with E-state index < -0.39 is 0 Å². The summed E-state index contributed by atoms with van der Waals surface area (Å²) in [6.45, 7) is 13.2. The van der Waals surface area contributed by atoms with E-state index in [1.165, 1.54) is 11.1 Å². The summed E-state index contributed by atoms with van der Waals surface area (Å²) in [7, 11) is 0. The first-order valence-corrected chi connectivity index (χ1v) is 11.1. The van der Waals surface area contributed by atoms with E-state index in [9.17, 15) is 0 Å². The molecule has 0 spiro atoms. The second-order valence-corrected chi connectivity index (χ2v) is 10.0. The third-order valence-corrected chi connectivity index (χ3v) is 5.20. The summed E-state index contributed by atoms with van der Waals surface area (Å²) in [5.41, 5.74) is 7.21. The summed E-state index contributed by atoms with van der Waals surface area (Å²) in [6, 6.07) is 42.1. The van der Waals surface area contributed by atoms with Crippen LogP contribution >= 0.6 is 0 Å². The second-order valence-electron chi connectivity index (χ2n) is 10.0. The van der Waals surface area contributed by atoms with Gasteiger partial charge in [-0.15, -0.1) is 35.4 Å². The summed E-state index contributed by atoms with van der Waals surface area (Å²) in [4.78, 5) is 0. The first-order chi connectivity index (χ1) is 15.1. The predicted molar refractivity (Wildman–Crippen MR) is 136 cm³/mol. The third-order valence-electron chi connectivity index (χ3n) is 5.20. The van der Waals surface area contributed by atoms with Crippen LogP contribution in [0.5, 0.6) is 0 Å². The van der Waals surface area contributed by atoms with Gasteiger partial charge in [0.05, 0.1) is 0 Å². The maximum atomic E-state index is 3.47. The van der Waals surface area contributed by atoms with Crippen molar-refractivity contribution in [2.45, 2.75) is 52.4 Å². The normalized spacial score (nSPS) is 10.2. The molecule has 0 atom stereocenters. The molecule has 0 N–H and O–H groups in total. The Bertz CT molecular complexity index is 1030. The fraction of sp³-hybridized carbons (Fsp3) is 0.250. The summed E-state index contributed by atoms with van der Waals surface area (Å²) in [5.74, 6) is 0. The molecule has 164 valence electrons. The predicted octanol–water partition coefficient (Wildman–Crippen LogP) is -3.48. The number of rotatable bonds is 2. The van der Waals surface area contributed by atoms with Crippen molar-refractivity contribution in [3.63, 3.8) is 0 Å². The zero-order valence-electron chi connectivity index (χ0n) is 24.1. The van der Waals surface area contributed by atoms with E-state index in [1.54, 1.807) is 0 Å². The van der Waals surface area contributed by atoms with Gasteiger partial charge in [-0.1, -0.05) is 41.5 Å². The van der Waals surface area contributed by atoms with Crippen LogP contribution in [0, 0.1) is 24.3 Å². The topological polar surface area (TPSA) is 0 Å². The molecule has 0 unspecified atom stereocenters. The number of hydrogen-bond acceptors (Lipinski definition) is 0. The van der Waals surface area contributed by atoms with E-state index in [4.69, 9.17) is 0 Å². The molecule has 0 aliphatic carbocycles. The molecule has 4 aromatic carbocycles. The maximum absolute atomic E-state index is 3.47. The molecule has 0 saturated heterocycles. The van der Waals surface area contributed by atoms with Gasteiger partial charge in [-0.2, -0.15) is 84.9 Å². The molecular formula is C32H32Li4. The quantitative estimate of drug-likeness (QED) is 0.223. The molecule has 4 heteroatoms. The Hall–Kier alpha value is -0.730. The largest absolute Gasteiger partial charge is 1.00 e. The van der Waals surface area contributed by atoms with Gasteiger partial charge < -0.3 is 0 Å². The molecule has 0 aromatic heterocycles. The molecule has 0 heterocycles. The van der Waals surface area contributed by atoms with Crippen LogP contribution in [-0.4, -0.2) is 0 Å². The van der Waals surface area contributed by atoms with Gasteiger partial charge in [0.25, 0.3) is 0 Å². The van der Waals surface area contributed by atoms with Gasteiger partial charge in [0.2, 0.25) is 0 Å². The van der Waals surface area contributed by atoms with Gasteiger partial charge in [-0.05, 0) is 10.8 Å². The summed E-state index contributed by atoms with van der Waals surface area (Å²) in [5, 5.41) is 0. The van der Waals surface area contributed by atoms with Crippen LogP contribution in [0.15, 0.2) is 84.9 Å². The maximum Gasteiger partial charge on any atom is 1.00 e. The molecule has 0 amide bonds. The molecule has 4 aromatic rings. The van der Waals surface area contributed by atoms with Crippen LogP contribution < -0.4 is 75.4 Å². The van der Waals surface area contributed by atoms with E-state index in [-0.39, 0.29) is 86.3 Å². The molecule has 4 rings (SSSR count). The Kier molecular flexibility index (Phi) is 17.6. The standard InChI is InChI=1S/2C16H16.4Li/c2*1-16(2,3)15-11-7-10-14(12-15)13-8-5-4-6-9-13;;;;/h2*4-8,10-11H,1-3H3;;;;/q2*-2;4*+1. The van der Waals surface area contributed by atoms with Gasteiger partial charge in [0.15, 0.2) is 0 Å². The molecule has 0 radical (unpaired) electrons. The van der Waals surface area contributed by atoms with Crippen molar-refractivity contribution >= 4 is 0 Å². The minimum absolute atomic E-state index is 0. The van der Waals surface area contributed by atoms with E-state index in [0.717, 1.165) is 22.3 Å². The van der Waals surface area contributed by atoms with Crippen LogP contribution in [0.2, 0.25) is 0 Å². The Morgan fingerprint density at radius 3 is 1.03 bits per heavy atom. The number of hydrogen-bond donors (Lipinski definition) is 0.